The van der Waals surface area contributed by atoms with E-state index in [0.29, 0.717) is 6.54 Å². The molecule has 5 nitrogen and oxygen atoms in total. The third-order valence-corrected chi connectivity index (χ3v) is 6.12. The minimum absolute atomic E-state index is 0.0474. The molecule has 1 aliphatic heterocycles. The van der Waals surface area contributed by atoms with E-state index in [1.807, 2.05) is 23.1 Å². The first-order valence-corrected chi connectivity index (χ1v) is 10.7. The van der Waals surface area contributed by atoms with Gasteiger partial charge in [-0.3, -0.25) is 15.1 Å². The van der Waals surface area contributed by atoms with Gasteiger partial charge in [0.2, 0.25) is 5.91 Å². The van der Waals surface area contributed by atoms with Crippen molar-refractivity contribution in [2.75, 3.05) is 13.1 Å². The van der Waals surface area contributed by atoms with Crippen LogP contribution >= 0.6 is 34.4 Å². The summed E-state index contributed by atoms with van der Waals surface area (Å²) in [6.07, 6.45) is 5.39. The summed E-state index contributed by atoms with van der Waals surface area (Å²) >= 11 is 3.52. The van der Waals surface area contributed by atoms with E-state index in [0.717, 1.165) is 40.6 Å². The number of hydrogen-bond acceptors (Lipinski definition) is 5. The number of pyridine rings is 1. The minimum atomic E-state index is -0.780. The monoisotopic (exact) mass is 483 g/mol. The molecule has 2 heterocycles. The number of hydrogen-bond donors (Lipinski definition) is 2. The molecule has 2 N–H and O–H groups in total. The van der Waals surface area contributed by atoms with Crippen LogP contribution in [0.15, 0.2) is 48.8 Å². The minimum Gasteiger partial charge on any atom is -0.378 e. The van der Waals surface area contributed by atoms with Crippen LogP contribution in [0.5, 0.6) is 0 Å². The summed E-state index contributed by atoms with van der Waals surface area (Å²) in [6.45, 7) is 2.18. The summed E-state index contributed by atoms with van der Waals surface area (Å²) in [6, 6.07) is 11.7. The summed E-state index contributed by atoms with van der Waals surface area (Å²) in [5.74, 6) is 0.0474. The molecule has 7 heteroatoms. The van der Waals surface area contributed by atoms with E-state index in [-0.39, 0.29) is 5.91 Å². The van der Waals surface area contributed by atoms with Gasteiger partial charge in [-0.05, 0) is 70.8 Å². The highest BCUT2D eigenvalue weighted by molar-refractivity contribution is 14.1. The van der Waals surface area contributed by atoms with Crippen LogP contribution in [0.1, 0.15) is 29.4 Å². The molecule has 1 aromatic heterocycles. The molecule has 3 rings (SSSR count). The van der Waals surface area contributed by atoms with Crippen molar-refractivity contribution in [2.45, 2.75) is 30.2 Å². The molecule has 26 heavy (non-hydrogen) atoms. The van der Waals surface area contributed by atoms with Crippen molar-refractivity contribution in [1.82, 2.24) is 15.2 Å². The number of nitrogens with one attached hydrogen (secondary N) is 1. The Balaban J connectivity index is 1.69. The lowest BCUT2D eigenvalue weighted by Crippen LogP contribution is -2.43. The third kappa shape index (κ3) is 5.42. The van der Waals surface area contributed by atoms with Gasteiger partial charge in [0.25, 0.3) is 0 Å². The number of rotatable bonds is 7. The summed E-state index contributed by atoms with van der Waals surface area (Å²) < 4.78 is 1.16. The maximum atomic E-state index is 12.9. The Labute approximate surface area is 171 Å². The zero-order valence-electron chi connectivity index (χ0n) is 14.3. The summed E-state index contributed by atoms with van der Waals surface area (Å²) in [5.41, 5.74) is 1.09. The van der Waals surface area contributed by atoms with Gasteiger partial charge in [-0.1, -0.05) is 23.9 Å². The highest BCUT2D eigenvalue weighted by Gasteiger charge is 2.29. The normalized spacial score (nSPS) is 16.5. The van der Waals surface area contributed by atoms with Crippen LogP contribution in [-0.2, 0) is 11.3 Å². The number of carbonyl (C=O) groups is 1. The molecule has 1 fully saturated rings. The fourth-order valence-corrected chi connectivity index (χ4v) is 4.51. The van der Waals surface area contributed by atoms with Crippen LogP contribution in [0.4, 0.5) is 0 Å². The van der Waals surface area contributed by atoms with Crippen LogP contribution in [0.2, 0.25) is 0 Å². The quantitative estimate of drug-likeness (QED) is 0.468. The van der Waals surface area contributed by atoms with Gasteiger partial charge >= 0.3 is 0 Å². The molecule has 0 unspecified atom stereocenters. The van der Waals surface area contributed by atoms with Gasteiger partial charge in [-0.2, -0.15) is 0 Å². The summed E-state index contributed by atoms with van der Waals surface area (Å²) in [7, 11) is 0. The first-order chi connectivity index (χ1) is 12.6. The Kier molecular flexibility index (Phi) is 7.30. The Morgan fingerprint density at radius 2 is 2.00 bits per heavy atom. The molecule has 1 aliphatic rings. The van der Waals surface area contributed by atoms with E-state index in [1.54, 1.807) is 24.5 Å². The maximum absolute atomic E-state index is 12.9. The highest BCUT2D eigenvalue weighted by atomic mass is 127. The Bertz CT molecular complexity index is 726. The van der Waals surface area contributed by atoms with E-state index in [4.69, 9.17) is 0 Å². The second-order valence-electron chi connectivity index (χ2n) is 6.19. The van der Waals surface area contributed by atoms with Gasteiger partial charge in [0.05, 0.1) is 0 Å². The van der Waals surface area contributed by atoms with Gasteiger partial charge in [0, 0.05) is 35.6 Å². The SMILES string of the molecule is O=C([C@@H](NCc1cccc(I)c1)S[C@H](O)c1ccncc1)N1CCCC1. The summed E-state index contributed by atoms with van der Waals surface area (Å²) in [5, 5.41) is 13.4. The standard InChI is InChI=1S/C19H22IN3O2S/c20-16-5-3-4-14(12-16)13-22-17(18(24)23-10-1-2-11-23)26-19(25)15-6-8-21-9-7-15/h3-9,12,17,19,22,25H,1-2,10-11,13H2/t17-,19-/m0/s1. The Hall–Kier alpha value is -1.16. The molecular formula is C19H22IN3O2S. The highest BCUT2D eigenvalue weighted by Crippen LogP contribution is 2.30. The molecule has 1 saturated heterocycles. The number of benzene rings is 1. The first-order valence-electron chi connectivity index (χ1n) is 8.63. The molecule has 1 amide bonds. The number of aliphatic hydroxyl groups is 1. The Morgan fingerprint density at radius 1 is 1.27 bits per heavy atom. The van der Waals surface area contributed by atoms with Crippen LogP contribution in [-0.4, -0.2) is 39.4 Å². The van der Waals surface area contributed by atoms with Crippen LogP contribution in [0, 0.1) is 3.57 Å². The topological polar surface area (TPSA) is 65.5 Å². The van der Waals surface area contributed by atoms with Crippen molar-refractivity contribution in [3.8, 4) is 0 Å². The van der Waals surface area contributed by atoms with Gasteiger partial charge in [-0.25, -0.2) is 0 Å². The molecule has 138 valence electrons. The number of amides is 1. The number of aliphatic hydroxyl groups excluding tert-OH is 1. The van der Waals surface area contributed by atoms with Crippen molar-refractivity contribution in [3.05, 3.63) is 63.5 Å². The molecule has 2 aromatic rings. The molecule has 0 bridgehead atoms. The van der Waals surface area contributed by atoms with Crippen LogP contribution < -0.4 is 5.32 Å². The average Bonchev–Trinajstić information content (AvgIpc) is 3.20. The maximum Gasteiger partial charge on any atom is 0.250 e. The van der Waals surface area contributed by atoms with E-state index in [9.17, 15) is 9.90 Å². The van der Waals surface area contributed by atoms with Crippen LogP contribution in [0.3, 0.4) is 0 Å². The number of aromatic nitrogens is 1. The number of likely N-dealkylation sites (tertiary alicyclic amines) is 1. The smallest absolute Gasteiger partial charge is 0.250 e. The Morgan fingerprint density at radius 3 is 2.69 bits per heavy atom. The van der Waals surface area contributed by atoms with E-state index < -0.39 is 10.8 Å². The molecule has 0 spiro atoms. The lowest BCUT2D eigenvalue weighted by Gasteiger charge is -2.25. The summed E-state index contributed by atoms with van der Waals surface area (Å²) in [4.78, 5) is 18.8. The van der Waals surface area contributed by atoms with Crippen molar-refractivity contribution in [1.29, 1.82) is 0 Å². The van der Waals surface area contributed by atoms with Gasteiger partial charge in [-0.15, -0.1) is 0 Å². The largest absolute Gasteiger partial charge is 0.378 e. The molecule has 2 atom stereocenters. The van der Waals surface area contributed by atoms with Gasteiger partial charge in [0.15, 0.2) is 0 Å². The molecule has 0 aliphatic carbocycles. The molecule has 0 saturated carbocycles. The van der Waals surface area contributed by atoms with Gasteiger partial charge in [0.1, 0.15) is 10.8 Å². The first kappa shape index (κ1) is 19.6. The predicted molar refractivity (Wildman–Crippen MR) is 112 cm³/mol. The zero-order chi connectivity index (χ0) is 18.4. The second kappa shape index (κ2) is 9.68. The number of nitrogens with zero attached hydrogens (tertiary/aromatic N) is 2. The molecular weight excluding hydrogens is 461 g/mol. The van der Waals surface area contributed by atoms with E-state index in [1.165, 1.54) is 11.8 Å². The van der Waals surface area contributed by atoms with Crippen LogP contribution in [0.25, 0.3) is 0 Å². The second-order valence-corrected chi connectivity index (χ2v) is 8.63. The number of thioether (sulfide) groups is 1. The van der Waals surface area contributed by atoms with E-state index >= 15 is 0 Å². The average molecular weight is 483 g/mol. The fourth-order valence-electron chi connectivity index (χ4n) is 2.89. The number of halogens is 1. The lowest BCUT2D eigenvalue weighted by molar-refractivity contribution is -0.130. The van der Waals surface area contributed by atoms with Crippen molar-refractivity contribution >= 4 is 40.3 Å². The third-order valence-electron chi connectivity index (χ3n) is 4.28. The van der Waals surface area contributed by atoms with Crippen molar-refractivity contribution < 1.29 is 9.90 Å². The lowest BCUT2D eigenvalue weighted by atomic mass is 10.2. The number of carbonyl (C=O) groups excluding carboxylic acids is 1. The predicted octanol–water partition coefficient (Wildman–Crippen LogP) is 3.15. The van der Waals surface area contributed by atoms with Gasteiger partial charge < -0.3 is 10.0 Å². The zero-order valence-corrected chi connectivity index (χ0v) is 17.3. The fraction of sp³-hybridized carbons (Fsp3) is 0.368. The van der Waals surface area contributed by atoms with E-state index in [2.05, 4.69) is 39.0 Å². The molecule has 0 radical (unpaired) electrons. The van der Waals surface area contributed by atoms with Crippen molar-refractivity contribution in [2.24, 2.45) is 0 Å². The molecule has 1 aromatic carbocycles. The van der Waals surface area contributed by atoms with Crippen molar-refractivity contribution in [3.63, 3.8) is 0 Å².